The van der Waals surface area contributed by atoms with E-state index >= 15 is 0 Å². The van der Waals surface area contributed by atoms with Crippen molar-refractivity contribution in [2.75, 3.05) is 25.1 Å². The minimum atomic E-state index is 0.322. The largest absolute Gasteiger partial charge is 0.300 e. The third-order valence-electron chi connectivity index (χ3n) is 3.49. The molecule has 1 aromatic rings. The molecule has 0 radical (unpaired) electrons. The number of hydrogen-bond acceptors (Lipinski definition) is 4. The fraction of sp³-hybridized carbons (Fsp3) is 0.538. The summed E-state index contributed by atoms with van der Waals surface area (Å²) in [6.45, 7) is 1.15. The summed E-state index contributed by atoms with van der Waals surface area (Å²) in [6, 6.07) is 9.55. The highest BCUT2D eigenvalue weighted by molar-refractivity contribution is 14.1. The maximum Gasteiger partial charge on any atom is 0.0414 e. The van der Waals surface area contributed by atoms with Crippen LogP contribution in [0.4, 0.5) is 0 Å². The summed E-state index contributed by atoms with van der Waals surface area (Å²) in [5.41, 5.74) is 4.36. The number of halogens is 1. The Balaban J connectivity index is 2.02. The van der Waals surface area contributed by atoms with Crippen molar-refractivity contribution in [1.82, 2.24) is 10.3 Å². The minimum absolute atomic E-state index is 0.322. The molecule has 18 heavy (non-hydrogen) atoms. The average Bonchev–Trinajstić information content (AvgIpc) is 2.39. The topological polar surface area (TPSA) is 41.3 Å². The Hall–Kier alpha value is 0.180. The average molecular weight is 377 g/mol. The zero-order chi connectivity index (χ0) is 13.0. The molecule has 2 rings (SSSR count). The summed E-state index contributed by atoms with van der Waals surface area (Å²) >= 11 is 4.36. The minimum Gasteiger partial charge on any atom is -0.300 e. The van der Waals surface area contributed by atoms with Crippen molar-refractivity contribution in [3.05, 3.63) is 33.4 Å². The number of nitrogens with zero attached hydrogens (tertiary/aromatic N) is 1. The molecule has 3 N–H and O–H groups in total. The Morgan fingerprint density at radius 1 is 1.50 bits per heavy atom. The number of nitrogens with two attached hydrogens (primary N) is 1. The van der Waals surface area contributed by atoms with Crippen molar-refractivity contribution in [3.63, 3.8) is 0 Å². The lowest BCUT2D eigenvalue weighted by atomic mass is 10.00. The molecular weight excluding hydrogens is 357 g/mol. The zero-order valence-corrected chi connectivity index (χ0v) is 13.6. The Kier molecular flexibility index (Phi) is 5.75. The molecule has 0 spiro atoms. The zero-order valence-electron chi connectivity index (χ0n) is 10.6. The number of rotatable bonds is 4. The van der Waals surface area contributed by atoms with E-state index in [2.05, 4.69) is 64.2 Å². The van der Waals surface area contributed by atoms with Gasteiger partial charge in [0.25, 0.3) is 0 Å². The van der Waals surface area contributed by atoms with Crippen LogP contribution in [0.15, 0.2) is 24.3 Å². The molecule has 2 atom stereocenters. The number of nitrogens with one attached hydrogen (secondary N) is 1. The molecule has 1 saturated heterocycles. The molecule has 1 fully saturated rings. The van der Waals surface area contributed by atoms with Gasteiger partial charge in [-0.25, -0.2) is 0 Å². The number of likely N-dealkylation sites (N-methyl/N-ethyl adjacent to an activating group) is 1. The predicted octanol–water partition coefficient (Wildman–Crippen LogP) is 1.71. The van der Waals surface area contributed by atoms with Gasteiger partial charge in [0.15, 0.2) is 0 Å². The molecule has 0 bridgehead atoms. The molecule has 0 aliphatic carbocycles. The van der Waals surface area contributed by atoms with Crippen LogP contribution in [-0.4, -0.2) is 42.1 Å². The normalized spacial score (nSPS) is 22.9. The first-order valence-corrected chi connectivity index (χ1v) is 8.42. The number of hydrogen-bond donors (Lipinski definition) is 2. The summed E-state index contributed by atoms with van der Waals surface area (Å²) in [5, 5.41) is 0. The maximum atomic E-state index is 5.76. The molecule has 1 aromatic carbocycles. The van der Waals surface area contributed by atoms with Crippen molar-refractivity contribution < 1.29 is 0 Å². The highest BCUT2D eigenvalue weighted by atomic mass is 127. The molecule has 0 aromatic heterocycles. The van der Waals surface area contributed by atoms with E-state index in [-0.39, 0.29) is 0 Å². The first kappa shape index (κ1) is 14.6. The Morgan fingerprint density at radius 2 is 2.22 bits per heavy atom. The van der Waals surface area contributed by atoms with Gasteiger partial charge in [-0.3, -0.25) is 11.3 Å². The van der Waals surface area contributed by atoms with Gasteiger partial charge in [-0.2, -0.15) is 11.8 Å². The number of hydrazine groups is 1. The van der Waals surface area contributed by atoms with Crippen molar-refractivity contribution in [3.8, 4) is 0 Å². The van der Waals surface area contributed by atoms with Crippen molar-refractivity contribution in [2.45, 2.75) is 18.5 Å². The van der Waals surface area contributed by atoms with Crippen molar-refractivity contribution in [2.24, 2.45) is 5.84 Å². The van der Waals surface area contributed by atoms with Gasteiger partial charge in [0.2, 0.25) is 0 Å². The lowest BCUT2D eigenvalue weighted by Crippen LogP contribution is -2.55. The van der Waals surface area contributed by atoms with Crippen LogP contribution < -0.4 is 11.3 Å². The molecule has 1 aliphatic rings. The van der Waals surface area contributed by atoms with E-state index in [4.69, 9.17) is 5.84 Å². The third-order valence-corrected chi connectivity index (χ3v) is 5.26. The van der Waals surface area contributed by atoms with Gasteiger partial charge >= 0.3 is 0 Å². The van der Waals surface area contributed by atoms with Crippen LogP contribution in [0.2, 0.25) is 0 Å². The first-order valence-electron chi connectivity index (χ1n) is 6.19. The van der Waals surface area contributed by atoms with Gasteiger partial charge < -0.3 is 4.90 Å². The molecule has 1 heterocycles. The van der Waals surface area contributed by atoms with Gasteiger partial charge in [0.05, 0.1) is 0 Å². The summed E-state index contributed by atoms with van der Waals surface area (Å²) in [4.78, 5) is 2.42. The van der Waals surface area contributed by atoms with Crippen LogP contribution in [-0.2, 0) is 6.42 Å². The van der Waals surface area contributed by atoms with Gasteiger partial charge in [0, 0.05) is 33.7 Å². The summed E-state index contributed by atoms with van der Waals surface area (Å²) in [5.74, 6) is 8.15. The molecular formula is C13H20IN3S. The molecule has 1 aliphatic heterocycles. The number of benzene rings is 1. The van der Waals surface area contributed by atoms with Crippen molar-refractivity contribution in [1.29, 1.82) is 0 Å². The highest BCUT2D eigenvalue weighted by Gasteiger charge is 2.27. The van der Waals surface area contributed by atoms with Crippen LogP contribution in [0, 0.1) is 3.57 Å². The SMILES string of the molecule is CN1CCSCC1C(Cc1ccc(I)cc1)NN. The van der Waals surface area contributed by atoms with Crippen molar-refractivity contribution >= 4 is 34.4 Å². The van der Waals surface area contributed by atoms with E-state index in [0.717, 1.165) is 18.7 Å². The molecule has 2 unspecified atom stereocenters. The van der Waals surface area contributed by atoms with Crippen LogP contribution in [0.5, 0.6) is 0 Å². The van der Waals surface area contributed by atoms with Gasteiger partial charge in [-0.1, -0.05) is 12.1 Å². The molecule has 0 saturated carbocycles. The second kappa shape index (κ2) is 7.09. The van der Waals surface area contributed by atoms with E-state index in [9.17, 15) is 0 Å². The van der Waals surface area contributed by atoms with E-state index in [1.807, 2.05) is 11.8 Å². The second-order valence-corrected chi connectivity index (χ2v) is 7.12. The van der Waals surface area contributed by atoms with Gasteiger partial charge in [0.1, 0.15) is 0 Å². The molecule has 100 valence electrons. The lowest BCUT2D eigenvalue weighted by Gasteiger charge is -2.37. The van der Waals surface area contributed by atoms with Crippen LogP contribution in [0.25, 0.3) is 0 Å². The molecule has 5 heteroatoms. The van der Waals surface area contributed by atoms with Crippen LogP contribution in [0.1, 0.15) is 5.56 Å². The standard InChI is InChI=1S/C13H20IN3S/c1-17-6-7-18-9-13(17)12(16-15)8-10-2-4-11(14)5-3-10/h2-5,12-13,16H,6-9,15H2,1H3. The summed E-state index contributed by atoms with van der Waals surface area (Å²) < 4.78 is 1.28. The second-order valence-electron chi connectivity index (χ2n) is 4.73. The monoisotopic (exact) mass is 377 g/mol. The Bertz CT molecular complexity index is 371. The fourth-order valence-electron chi connectivity index (χ4n) is 2.31. The number of thioether (sulfide) groups is 1. The Morgan fingerprint density at radius 3 is 2.83 bits per heavy atom. The highest BCUT2D eigenvalue weighted by Crippen LogP contribution is 2.19. The summed E-state index contributed by atoms with van der Waals surface area (Å²) in [6.07, 6.45) is 0.989. The van der Waals surface area contributed by atoms with E-state index < -0.39 is 0 Å². The lowest BCUT2D eigenvalue weighted by molar-refractivity contribution is 0.214. The quantitative estimate of drug-likeness (QED) is 0.476. The van der Waals surface area contributed by atoms with Gasteiger partial charge in [-0.05, 0) is 53.8 Å². The van der Waals surface area contributed by atoms with E-state index in [1.165, 1.54) is 14.9 Å². The smallest absolute Gasteiger partial charge is 0.0414 e. The fourth-order valence-corrected chi connectivity index (χ4v) is 3.98. The maximum absolute atomic E-state index is 5.76. The molecule has 0 amide bonds. The van der Waals surface area contributed by atoms with E-state index in [0.29, 0.717) is 12.1 Å². The Labute approximate surface area is 127 Å². The third kappa shape index (κ3) is 3.84. The predicted molar refractivity (Wildman–Crippen MR) is 87.7 cm³/mol. The van der Waals surface area contributed by atoms with Crippen LogP contribution >= 0.6 is 34.4 Å². The molecule has 3 nitrogen and oxygen atoms in total. The van der Waals surface area contributed by atoms with E-state index in [1.54, 1.807) is 0 Å². The first-order chi connectivity index (χ1) is 8.70. The summed E-state index contributed by atoms with van der Waals surface area (Å²) in [7, 11) is 2.20. The van der Waals surface area contributed by atoms with Gasteiger partial charge in [-0.15, -0.1) is 0 Å². The van der Waals surface area contributed by atoms with Crippen LogP contribution in [0.3, 0.4) is 0 Å².